The summed E-state index contributed by atoms with van der Waals surface area (Å²) in [6.45, 7) is 3.68. The summed E-state index contributed by atoms with van der Waals surface area (Å²) in [6.07, 6.45) is 0. The highest BCUT2D eigenvalue weighted by Gasteiger charge is 2.22. The molecule has 0 saturated carbocycles. The fourth-order valence-electron chi connectivity index (χ4n) is 3.22. The fourth-order valence-corrected chi connectivity index (χ4v) is 4.16. The normalized spacial score (nSPS) is 12.4. The number of aromatic nitrogens is 3. The molecule has 142 valence electrons. The van der Waals surface area contributed by atoms with Crippen molar-refractivity contribution in [2.24, 2.45) is 0 Å². The van der Waals surface area contributed by atoms with Gasteiger partial charge in [0.2, 0.25) is 0 Å². The molecule has 2 aromatic carbocycles. The van der Waals surface area contributed by atoms with Crippen LogP contribution in [0.5, 0.6) is 0 Å². The standard InChI is InChI=1S/C21H19N3O3S/c1-12-8-4-7-11-16(12)24-19(25)18-17(14-9-5-6-10-15(14)22-18)23-21(24)28-13(2)20(26)27-3/h4-11,13,22H,1-3H3/t13-/m0/s1. The summed E-state index contributed by atoms with van der Waals surface area (Å²) in [5.41, 5.74) is 3.37. The molecule has 6 nitrogen and oxygen atoms in total. The second-order valence-corrected chi connectivity index (χ2v) is 7.81. The molecule has 0 spiro atoms. The Kier molecular flexibility index (Phi) is 4.68. The SMILES string of the molecule is COC(=O)[C@H](C)Sc1nc2c([nH]c3ccccc32)c(=O)n1-c1ccccc1C. The summed E-state index contributed by atoms with van der Waals surface area (Å²) in [6, 6.07) is 15.3. The molecule has 1 N–H and O–H groups in total. The number of carbonyl (C=O) groups excluding carboxylic acids is 1. The van der Waals surface area contributed by atoms with Crippen molar-refractivity contribution in [3.05, 3.63) is 64.4 Å². The Balaban J connectivity index is 2.04. The third kappa shape index (κ3) is 2.97. The minimum atomic E-state index is -0.505. The molecule has 0 radical (unpaired) electrons. The second-order valence-electron chi connectivity index (χ2n) is 6.50. The van der Waals surface area contributed by atoms with E-state index in [1.54, 1.807) is 11.5 Å². The molecule has 1 atom stereocenters. The first-order valence-electron chi connectivity index (χ1n) is 8.85. The van der Waals surface area contributed by atoms with Gasteiger partial charge in [0, 0.05) is 10.9 Å². The van der Waals surface area contributed by atoms with Gasteiger partial charge in [0.25, 0.3) is 5.56 Å². The molecule has 2 heterocycles. The van der Waals surface area contributed by atoms with Gasteiger partial charge in [-0.1, -0.05) is 48.2 Å². The number of fused-ring (bicyclic) bond motifs is 3. The van der Waals surface area contributed by atoms with Gasteiger partial charge in [-0.3, -0.25) is 14.2 Å². The number of H-pyrrole nitrogens is 1. The van der Waals surface area contributed by atoms with Crippen LogP contribution in [-0.2, 0) is 9.53 Å². The van der Waals surface area contributed by atoms with Crippen LogP contribution in [-0.4, -0.2) is 32.9 Å². The molecule has 0 saturated heterocycles. The van der Waals surface area contributed by atoms with Crippen LogP contribution < -0.4 is 5.56 Å². The lowest BCUT2D eigenvalue weighted by atomic mass is 10.2. The Morgan fingerprint density at radius 3 is 2.64 bits per heavy atom. The first-order chi connectivity index (χ1) is 13.5. The predicted octanol–water partition coefficient (Wildman–Crippen LogP) is 3.83. The van der Waals surface area contributed by atoms with E-state index in [0.717, 1.165) is 22.2 Å². The van der Waals surface area contributed by atoms with Crippen molar-refractivity contribution in [3.8, 4) is 5.69 Å². The van der Waals surface area contributed by atoms with Crippen molar-refractivity contribution in [2.75, 3.05) is 7.11 Å². The number of thioether (sulfide) groups is 1. The van der Waals surface area contributed by atoms with Crippen molar-refractivity contribution in [1.29, 1.82) is 0 Å². The number of hydrogen-bond acceptors (Lipinski definition) is 5. The highest BCUT2D eigenvalue weighted by molar-refractivity contribution is 8.00. The van der Waals surface area contributed by atoms with E-state index >= 15 is 0 Å². The average Bonchev–Trinajstić information content (AvgIpc) is 3.07. The number of rotatable bonds is 4. The monoisotopic (exact) mass is 393 g/mol. The molecule has 28 heavy (non-hydrogen) atoms. The average molecular weight is 393 g/mol. The van der Waals surface area contributed by atoms with Gasteiger partial charge >= 0.3 is 5.97 Å². The van der Waals surface area contributed by atoms with Crippen LogP contribution in [0.4, 0.5) is 0 Å². The number of esters is 1. The number of methoxy groups -OCH3 is 1. The van der Waals surface area contributed by atoms with E-state index in [9.17, 15) is 9.59 Å². The van der Waals surface area contributed by atoms with E-state index in [1.165, 1.54) is 18.9 Å². The molecule has 0 bridgehead atoms. The largest absolute Gasteiger partial charge is 0.468 e. The Labute approximate surface area is 165 Å². The summed E-state index contributed by atoms with van der Waals surface area (Å²) in [7, 11) is 1.35. The van der Waals surface area contributed by atoms with Gasteiger partial charge in [-0.2, -0.15) is 0 Å². The van der Waals surface area contributed by atoms with Crippen LogP contribution in [0.25, 0.3) is 27.6 Å². The molecule has 0 aliphatic carbocycles. The molecule has 4 rings (SSSR count). The lowest BCUT2D eigenvalue weighted by Crippen LogP contribution is -2.24. The van der Waals surface area contributed by atoms with Gasteiger partial charge in [0.15, 0.2) is 5.16 Å². The molecule has 0 fully saturated rings. The molecular formula is C21H19N3O3S. The van der Waals surface area contributed by atoms with Gasteiger partial charge < -0.3 is 9.72 Å². The summed E-state index contributed by atoms with van der Waals surface area (Å²) in [5.74, 6) is -0.366. The Morgan fingerprint density at radius 1 is 1.18 bits per heavy atom. The number of nitrogens with zero attached hydrogens (tertiary/aromatic N) is 2. The highest BCUT2D eigenvalue weighted by Crippen LogP contribution is 2.29. The summed E-state index contributed by atoms with van der Waals surface area (Å²) >= 11 is 1.21. The molecular weight excluding hydrogens is 374 g/mol. The van der Waals surface area contributed by atoms with E-state index in [0.29, 0.717) is 16.2 Å². The number of aromatic amines is 1. The molecule has 2 aromatic heterocycles. The Morgan fingerprint density at radius 2 is 1.89 bits per heavy atom. The van der Waals surface area contributed by atoms with E-state index in [1.807, 2.05) is 55.5 Å². The smallest absolute Gasteiger partial charge is 0.318 e. The van der Waals surface area contributed by atoms with E-state index in [2.05, 4.69) is 4.98 Å². The van der Waals surface area contributed by atoms with Crippen molar-refractivity contribution >= 4 is 39.7 Å². The first kappa shape index (κ1) is 18.3. The van der Waals surface area contributed by atoms with Gasteiger partial charge in [-0.05, 0) is 31.5 Å². The van der Waals surface area contributed by atoms with E-state index in [4.69, 9.17) is 9.72 Å². The van der Waals surface area contributed by atoms with Crippen molar-refractivity contribution in [1.82, 2.24) is 14.5 Å². The number of para-hydroxylation sites is 2. The number of carbonyl (C=O) groups is 1. The summed E-state index contributed by atoms with van der Waals surface area (Å²) < 4.78 is 6.41. The van der Waals surface area contributed by atoms with Crippen LogP contribution in [0.2, 0.25) is 0 Å². The molecule has 4 aromatic rings. The number of ether oxygens (including phenoxy) is 1. The van der Waals surface area contributed by atoms with Crippen LogP contribution in [0.15, 0.2) is 58.5 Å². The minimum absolute atomic E-state index is 0.199. The first-order valence-corrected chi connectivity index (χ1v) is 9.73. The number of aryl methyl sites for hydroxylation is 1. The lowest BCUT2D eigenvalue weighted by molar-refractivity contribution is -0.139. The summed E-state index contributed by atoms with van der Waals surface area (Å²) in [5, 5.41) is 0.823. The number of nitrogens with one attached hydrogen (secondary N) is 1. The van der Waals surface area contributed by atoms with E-state index < -0.39 is 5.25 Å². The Bertz CT molecular complexity index is 1260. The van der Waals surface area contributed by atoms with Crippen molar-refractivity contribution in [3.63, 3.8) is 0 Å². The van der Waals surface area contributed by atoms with Gasteiger partial charge in [0.1, 0.15) is 16.3 Å². The maximum absolute atomic E-state index is 13.5. The zero-order valence-corrected chi connectivity index (χ0v) is 16.5. The zero-order valence-electron chi connectivity index (χ0n) is 15.7. The van der Waals surface area contributed by atoms with Crippen LogP contribution in [0.3, 0.4) is 0 Å². The third-order valence-electron chi connectivity index (χ3n) is 4.67. The van der Waals surface area contributed by atoms with Gasteiger partial charge in [-0.25, -0.2) is 4.98 Å². The van der Waals surface area contributed by atoms with Crippen molar-refractivity contribution < 1.29 is 9.53 Å². The second kappa shape index (κ2) is 7.16. The molecule has 0 unspecified atom stereocenters. The van der Waals surface area contributed by atoms with Gasteiger partial charge in [-0.15, -0.1) is 0 Å². The van der Waals surface area contributed by atoms with E-state index in [-0.39, 0.29) is 11.5 Å². The summed E-state index contributed by atoms with van der Waals surface area (Å²) in [4.78, 5) is 33.4. The number of benzene rings is 2. The highest BCUT2D eigenvalue weighted by atomic mass is 32.2. The maximum atomic E-state index is 13.5. The topological polar surface area (TPSA) is 77.0 Å². The fraction of sp³-hybridized carbons (Fsp3) is 0.190. The van der Waals surface area contributed by atoms with Crippen LogP contribution in [0.1, 0.15) is 12.5 Å². The molecule has 7 heteroatoms. The molecule has 0 aliphatic rings. The van der Waals surface area contributed by atoms with Gasteiger partial charge in [0.05, 0.1) is 12.8 Å². The molecule has 0 amide bonds. The Hall–Kier alpha value is -3.06. The minimum Gasteiger partial charge on any atom is -0.468 e. The molecule has 0 aliphatic heterocycles. The van der Waals surface area contributed by atoms with Crippen molar-refractivity contribution in [2.45, 2.75) is 24.3 Å². The predicted molar refractivity (Wildman–Crippen MR) is 111 cm³/mol. The zero-order chi connectivity index (χ0) is 19.8. The maximum Gasteiger partial charge on any atom is 0.318 e. The van der Waals surface area contributed by atoms with Crippen LogP contribution in [0, 0.1) is 6.92 Å². The number of hydrogen-bond donors (Lipinski definition) is 1. The quantitative estimate of drug-likeness (QED) is 0.324. The van der Waals surface area contributed by atoms with Crippen LogP contribution >= 0.6 is 11.8 Å². The lowest BCUT2D eigenvalue weighted by Gasteiger charge is -2.16. The third-order valence-corrected chi connectivity index (χ3v) is 5.70.